The summed E-state index contributed by atoms with van der Waals surface area (Å²) in [7, 11) is 1.87. The van der Waals surface area contributed by atoms with Crippen LogP contribution >= 0.6 is 0 Å². The quantitative estimate of drug-likeness (QED) is 0.820. The lowest BCUT2D eigenvalue weighted by Crippen LogP contribution is -2.39. The van der Waals surface area contributed by atoms with Crippen LogP contribution in [0, 0.1) is 6.92 Å². The zero-order chi connectivity index (χ0) is 15.1. The summed E-state index contributed by atoms with van der Waals surface area (Å²) in [5, 5.41) is 3.17. The number of rotatable bonds is 7. The van der Waals surface area contributed by atoms with Crippen molar-refractivity contribution in [3.63, 3.8) is 0 Å². The van der Waals surface area contributed by atoms with Crippen LogP contribution in [0.25, 0.3) is 0 Å². The van der Waals surface area contributed by atoms with Crippen LogP contribution in [0.1, 0.15) is 26.6 Å². The Hall–Kier alpha value is -1.85. The highest BCUT2D eigenvalue weighted by Crippen LogP contribution is 2.14. The van der Waals surface area contributed by atoms with Gasteiger partial charge in [0.15, 0.2) is 0 Å². The Kier molecular flexibility index (Phi) is 6.21. The van der Waals surface area contributed by atoms with Crippen LogP contribution in [-0.2, 0) is 4.79 Å². The van der Waals surface area contributed by atoms with E-state index in [0.717, 1.165) is 31.3 Å². The van der Waals surface area contributed by atoms with Gasteiger partial charge in [0.2, 0.25) is 5.91 Å². The normalized spacial score (nSPS) is 10.2. The summed E-state index contributed by atoms with van der Waals surface area (Å²) in [5.74, 6) is 2.35. The average molecular weight is 279 g/mol. The number of likely N-dealkylation sites (N-methyl/N-ethyl adjacent to an activating group) is 2. The third-order valence-corrected chi connectivity index (χ3v) is 3.06. The van der Waals surface area contributed by atoms with Crippen molar-refractivity contribution in [2.45, 2.75) is 27.7 Å². The number of aromatic nitrogens is 2. The van der Waals surface area contributed by atoms with Gasteiger partial charge in [0.1, 0.15) is 17.5 Å². The molecular formula is C14H25N5O. The van der Waals surface area contributed by atoms with Crippen molar-refractivity contribution in [2.24, 2.45) is 0 Å². The lowest BCUT2D eigenvalue weighted by molar-refractivity contribution is -0.129. The summed E-state index contributed by atoms with van der Waals surface area (Å²) in [6.45, 7) is 10.4. The predicted octanol–water partition coefficient (Wildman–Crippen LogP) is 1.52. The van der Waals surface area contributed by atoms with E-state index in [1.165, 1.54) is 0 Å². The van der Waals surface area contributed by atoms with Crippen molar-refractivity contribution in [1.29, 1.82) is 0 Å². The molecule has 0 fully saturated rings. The molecule has 0 bridgehead atoms. The van der Waals surface area contributed by atoms with Crippen LogP contribution in [0.5, 0.6) is 0 Å². The van der Waals surface area contributed by atoms with Gasteiger partial charge in [-0.05, 0) is 27.7 Å². The third-order valence-electron chi connectivity index (χ3n) is 3.06. The second-order valence-electron chi connectivity index (χ2n) is 4.61. The fourth-order valence-electron chi connectivity index (χ4n) is 1.98. The van der Waals surface area contributed by atoms with E-state index >= 15 is 0 Å². The van der Waals surface area contributed by atoms with Crippen molar-refractivity contribution in [3.05, 3.63) is 11.9 Å². The van der Waals surface area contributed by atoms with Crippen molar-refractivity contribution in [1.82, 2.24) is 14.9 Å². The molecule has 0 aliphatic rings. The number of hydrogen-bond acceptors (Lipinski definition) is 5. The van der Waals surface area contributed by atoms with Gasteiger partial charge in [0.05, 0.1) is 6.54 Å². The molecule has 1 aromatic heterocycles. The molecule has 1 aromatic rings. The lowest BCUT2D eigenvalue weighted by atomic mass is 10.4. The van der Waals surface area contributed by atoms with E-state index in [1.54, 1.807) is 0 Å². The topological polar surface area (TPSA) is 61.4 Å². The first-order valence-electron chi connectivity index (χ1n) is 7.10. The number of amides is 1. The first kappa shape index (κ1) is 16.2. The van der Waals surface area contributed by atoms with Gasteiger partial charge in [-0.25, -0.2) is 9.97 Å². The smallest absolute Gasteiger partial charge is 0.242 e. The van der Waals surface area contributed by atoms with Gasteiger partial charge >= 0.3 is 0 Å². The minimum Gasteiger partial charge on any atom is -0.370 e. The molecule has 0 aliphatic carbocycles. The molecule has 0 radical (unpaired) electrons. The van der Waals surface area contributed by atoms with Crippen molar-refractivity contribution in [2.75, 3.05) is 43.4 Å². The van der Waals surface area contributed by atoms with Gasteiger partial charge in [-0.2, -0.15) is 0 Å². The van der Waals surface area contributed by atoms with Crippen molar-refractivity contribution < 1.29 is 4.79 Å². The maximum atomic E-state index is 12.1. The first-order valence-corrected chi connectivity index (χ1v) is 7.10. The van der Waals surface area contributed by atoms with Gasteiger partial charge in [-0.1, -0.05) is 0 Å². The number of carbonyl (C=O) groups is 1. The van der Waals surface area contributed by atoms with Crippen LogP contribution in [-0.4, -0.2) is 54.0 Å². The molecule has 0 saturated heterocycles. The largest absolute Gasteiger partial charge is 0.370 e. The monoisotopic (exact) mass is 279 g/mol. The van der Waals surface area contributed by atoms with Gasteiger partial charge < -0.3 is 15.1 Å². The summed E-state index contributed by atoms with van der Waals surface area (Å²) >= 11 is 0. The van der Waals surface area contributed by atoms with E-state index in [0.29, 0.717) is 12.4 Å². The average Bonchev–Trinajstić information content (AvgIpc) is 2.39. The molecule has 112 valence electrons. The maximum absolute atomic E-state index is 12.1. The van der Waals surface area contributed by atoms with Gasteiger partial charge in [0.25, 0.3) is 0 Å². The molecule has 0 aromatic carbocycles. The number of nitrogens with zero attached hydrogens (tertiary/aromatic N) is 4. The van der Waals surface area contributed by atoms with Crippen molar-refractivity contribution >= 4 is 17.5 Å². The Morgan fingerprint density at radius 3 is 2.45 bits per heavy atom. The summed E-state index contributed by atoms with van der Waals surface area (Å²) < 4.78 is 0. The fourth-order valence-corrected chi connectivity index (χ4v) is 1.98. The molecule has 0 aliphatic heterocycles. The highest BCUT2D eigenvalue weighted by molar-refractivity contribution is 5.81. The molecule has 6 heteroatoms. The zero-order valence-electron chi connectivity index (χ0n) is 13.1. The summed E-state index contributed by atoms with van der Waals surface area (Å²) in [6.07, 6.45) is 0. The lowest BCUT2D eigenvalue weighted by Gasteiger charge is -2.24. The van der Waals surface area contributed by atoms with E-state index in [1.807, 2.05) is 50.6 Å². The maximum Gasteiger partial charge on any atom is 0.242 e. The Balaban J connectivity index is 2.81. The Morgan fingerprint density at radius 1 is 1.25 bits per heavy atom. The van der Waals surface area contributed by atoms with E-state index in [9.17, 15) is 4.79 Å². The highest BCUT2D eigenvalue weighted by atomic mass is 16.2. The number of nitrogens with one attached hydrogen (secondary N) is 1. The van der Waals surface area contributed by atoms with Gasteiger partial charge in [-0.15, -0.1) is 0 Å². The van der Waals surface area contributed by atoms with Crippen LogP contribution in [0.3, 0.4) is 0 Å². The SMILES string of the molecule is CCNc1cc(N(C)CC(=O)N(CC)CC)nc(C)n1. The third kappa shape index (κ3) is 4.36. The fraction of sp³-hybridized carbons (Fsp3) is 0.643. The molecule has 20 heavy (non-hydrogen) atoms. The zero-order valence-corrected chi connectivity index (χ0v) is 13.1. The number of hydrogen-bond donors (Lipinski definition) is 1. The summed E-state index contributed by atoms with van der Waals surface area (Å²) in [4.78, 5) is 24.5. The van der Waals surface area contributed by atoms with E-state index < -0.39 is 0 Å². The molecule has 1 amide bonds. The molecule has 1 heterocycles. The van der Waals surface area contributed by atoms with Crippen molar-refractivity contribution in [3.8, 4) is 0 Å². The minimum atomic E-state index is 0.110. The molecule has 0 unspecified atom stereocenters. The van der Waals surface area contributed by atoms with Crippen LogP contribution in [0.15, 0.2) is 6.07 Å². The second kappa shape index (κ2) is 7.67. The molecule has 0 spiro atoms. The first-order chi connectivity index (χ1) is 9.51. The Bertz CT molecular complexity index is 445. The van der Waals surface area contributed by atoms with E-state index in [-0.39, 0.29) is 5.91 Å². The number of anilines is 2. The Morgan fingerprint density at radius 2 is 1.90 bits per heavy atom. The van der Waals surface area contributed by atoms with Gasteiger partial charge in [-0.3, -0.25) is 4.79 Å². The second-order valence-corrected chi connectivity index (χ2v) is 4.61. The predicted molar refractivity (Wildman–Crippen MR) is 82.1 cm³/mol. The Labute approximate surface area is 121 Å². The molecule has 0 saturated carbocycles. The summed E-state index contributed by atoms with van der Waals surface area (Å²) in [6, 6.07) is 1.87. The number of carbonyl (C=O) groups excluding carboxylic acids is 1. The summed E-state index contributed by atoms with van der Waals surface area (Å²) in [5.41, 5.74) is 0. The van der Waals surface area contributed by atoms with Crippen LogP contribution in [0.4, 0.5) is 11.6 Å². The standard InChI is InChI=1S/C14H25N5O/c1-6-15-12-9-13(17-11(4)16-12)18(5)10-14(20)19(7-2)8-3/h9H,6-8,10H2,1-5H3,(H,15,16,17). The van der Waals surface area contributed by atoms with E-state index in [4.69, 9.17) is 0 Å². The van der Waals surface area contributed by atoms with Crippen LogP contribution in [0.2, 0.25) is 0 Å². The van der Waals surface area contributed by atoms with Crippen LogP contribution < -0.4 is 10.2 Å². The molecule has 6 nitrogen and oxygen atoms in total. The molecule has 1 rings (SSSR count). The number of aryl methyl sites for hydroxylation is 1. The van der Waals surface area contributed by atoms with E-state index in [2.05, 4.69) is 15.3 Å². The minimum absolute atomic E-state index is 0.110. The molecule has 0 atom stereocenters. The molecule has 1 N–H and O–H groups in total. The van der Waals surface area contributed by atoms with Gasteiger partial charge in [0, 0.05) is 32.7 Å². The highest BCUT2D eigenvalue weighted by Gasteiger charge is 2.14. The molecular weight excluding hydrogens is 254 g/mol.